The number of rotatable bonds is 5. The molecule has 0 aliphatic rings. The Morgan fingerprint density at radius 3 is 2.72 bits per heavy atom. The topological polar surface area (TPSA) is 26.2 Å². The average molecular weight is 244 g/mol. The average Bonchev–Trinajstić information content (AvgIpc) is 2.81. The number of para-hydroxylation sites is 1. The van der Waals surface area contributed by atoms with Gasteiger partial charge in [-0.2, -0.15) is 0 Å². The maximum absolute atomic E-state index is 5.38. The molecule has 3 nitrogen and oxygen atoms in total. The van der Waals surface area contributed by atoms with Gasteiger partial charge < -0.3 is 14.6 Å². The second-order valence-corrected chi connectivity index (χ2v) is 4.53. The lowest BCUT2D eigenvalue weighted by Crippen LogP contribution is -2.18. The van der Waals surface area contributed by atoms with Crippen LogP contribution in [0.2, 0.25) is 0 Å². The molecule has 1 aromatic heterocycles. The summed E-state index contributed by atoms with van der Waals surface area (Å²) >= 11 is 0. The summed E-state index contributed by atoms with van der Waals surface area (Å²) in [5.74, 6) is 0.936. The Morgan fingerprint density at radius 2 is 2.06 bits per heavy atom. The third-order valence-electron chi connectivity index (χ3n) is 3.11. The van der Waals surface area contributed by atoms with Crippen molar-refractivity contribution < 1.29 is 4.74 Å². The van der Waals surface area contributed by atoms with Crippen LogP contribution in [0.5, 0.6) is 5.75 Å². The predicted octanol–water partition coefficient (Wildman–Crippen LogP) is 2.88. The van der Waals surface area contributed by atoms with Gasteiger partial charge in [0.2, 0.25) is 0 Å². The molecular formula is C15H20N2O. The van der Waals surface area contributed by atoms with Gasteiger partial charge in [0, 0.05) is 37.6 Å². The lowest BCUT2D eigenvalue weighted by atomic mass is 10.1. The molecule has 3 heteroatoms. The van der Waals surface area contributed by atoms with E-state index >= 15 is 0 Å². The Labute approximate surface area is 108 Å². The molecule has 0 saturated carbocycles. The highest BCUT2D eigenvalue weighted by Gasteiger charge is 2.10. The van der Waals surface area contributed by atoms with Crippen LogP contribution in [-0.4, -0.2) is 11.7 Å². The Balaban J connectivity index is 2.01. The van der Waals surface area contributed by atoms with Crippen LogP contribution in [0, 0.1) is 0 Å². The Bertz CT molecular complexity index is 505. The summed E-state index contributed by atoms with van der Waals surface area (Å²) in [7, 11) is 3.75. The largest absolute Gasteiger partial charge is 0.496 e. The van der Waals surface area contributed by atoms with Crippen molar-refractivity contribution in [3.05, 3.63) is 53.9 Å². The van der Waals surface area contributed by atoms with Gasteiger partial charge in [0.25, 0.3) is 0 Å². The highest BCUT2D eigenvalue weighted by atomic mass is 16.5. The first kappa shape index (κ1) is 12.7. The SMILES string of the molecule is COc1ccccc1C(C)NCc1ccn(C)c1. The number of aryl methyl sites for hydroxylation is 1. The highest BCUT2D eigenvalue weighted by Crippen LogP contribution is 2.24. The number of ether oxygens (including phenoxy) is 1. The van der Waals surface area contributed by atoms with Crippen LogP contribution in [0.15, 0.2) is 42.7 Å². The van der Waals surface area contributed by atoms with E-state index < -0.39 is 0 Å². The van der Waals surface area contributed by atoms with Gasteiger partial charge in [-0.3, -0.25) is 0 Å². The van der Waals surface area contributed by atoms with Crippen molar-refractivity contribution in [2.24, 2.45) is 7.05 Å². The molecule has 1 N–H and O–H groups in total. The molecule has 1 heterocycles. The van der Waals surface area contributed by atoms with E-state index in [-0.39, 0.29) is 6.04 Å². The van der Waals surface area contributed by atoms with Crippen LogP contribution < -0.4 is 10.1 Å². The van der Waals surface area contributed by atoms with Gasteiger partial charge in [-0.05, 0) is 24.6 Å². The second-order valence-electron chi connectivity index (χ2n) is 4.53. The number of hydrogen-bond acceptors (Lipinski definition) is 2. The van der Waals surface area contributed by atoms with Gasteiger partial charge >= 0.3 is 0 Å². The maximum Gasteiger partial charge on any atom is 0.123 e. The highest BCUT2D eigenvalue weighted by molar-refractivity contribution is 5.35. The molecule has 18 heavy (non-hydrogen) atoms. The number of aromatic nitrogens is 1. The van der Waals surface area contributed by atoms with Crippen molar-refractivity contribution in [1.29, 1.82) is 0 Å². The van der Waals surface area contributed by atoms with E-state index in [1.807, 2.05) is 25.2 Å². The minimum atomic E-state index is 0.265. The van der Waals surface area contributed by atoms with Gasteiger partial charge in [0.1, 0.15) is 5.75 Å². The number of nitrogens with zero attached hydrogens (tertiary/aromatic N) is 1. The van der Waals surface area contributed by atoms with Gasteiger partial charge in [-0.15, -0.1) is 0 Å². The fourth-order valence-corrected chi connectivity index (χ4v) is 2.07. The zero-order valence-electron chi connectivity index (χ0n) is 11.2. The van der Waals surface area contributed by atoms with E-state index in [0.717, 1.165) is 12.3 Å². The standard InChI is InChI=1S/C15H20N2O/c1-12(14-6-4-5-7-15(14)18-3)16-10-13-8-9-17(2)11-13/h4-9,11-12,16H,10H2,1-3H3. The molecule has 0 amide bonds. The molecule has 0 aliphatic heterocycles. The zero-order valence-corrected chi connectivity index (χ0v) is 11.2. The van der Waals surface area contributed by atoms with E-state index in [2.05, 4.69) is 41.3 Å². The van der Waals surface area contributed by atoms with Crippen LogP contribution in [-0.2, 0) is 13.6 Å². The molecule has 1 aromatic carbocycles. The van der Waals surface area contributed by atoms with Crippen LogP contribution in [0.3, 0.4) is 0 Å². The number of nitrogens with one attached hydrogen (secondary N) is 1. The number of hydrogen-bond donors (Lipinski definition) is 1. The molecule has 0 saturated heterocycles. The third-order valence-corrected chi connectivity index (χ3v) is 3.11. The van der Waals surface area contributed by atoms with E-state index in [1.165, 1.54) is 11.1 Å². The summed E-state index contributed by atoms with van der Waals surface area (Å²) in [6.45, 7) is 3.01. The molecule has 0 fully saturated rings. The fourth-order valence-electron chi connectivity index (χ4n) is 2.07. The summed E-state index contributed by atoms with van der Waals surface area (Å²) in [6, 6.07) is 10.5. The molecule has 1 unspecified atom stereocenters. The van der Waals surface area contributed by atoms with Gasteiger partial charge in [-0.1, -0.05) is 18.2 Å². The first-order valence-corrected chi connectivity index (χ1v) is 6.18. The molecule has 0 aliphatic carbocycles. The molecular weight excluding hydrogens is 224 g/mol. The Hall–Kier alpha value is -1.74. The smallest absolute Gasteiger partial charge is 0.123 e. The predicted molar refractivity (Wildman–Crippen MR) is 73.7 cm³/mol. The van der Waals surface area contributed by atoms with Crippen molar-refractivity contribution in [2.75, 3.05) is 7.11 Å². The minimum absolute atomic E-state index is 0.265. The third kappa shape index (κ3) is 2.93. The fraction of sp³-hybridized carbons (Fsp3) is 0.333. The van der Waals surface area contributed by atoms with Crippen LogP contribution in [0.1, 0.15) is 24.1 Å². The van der Waals surface area contributed by atoms with E-state index in [9.17, 15) is 0 Å². The van der Waals surface area contributed by atoms with Crippen molar-refractivity contribution in [2.45, 2.75) is 19.5 Å². The van der Waals surface area contributed by atoms with Crippen molar-refractivity contribution in [3.8, 4) is 5.75 Å². The molecule has 0 spiro atoms. The van der Waals surface area contributed by atoms with Crippen molar-refractivity contribution in [3.63, 3.8) is 0 Å². The van der Waals surface area contributed by atoms with Crippen molar-refractivity contribution >= 4 is 0 Å². The molecule has 0 radical (unpaired) electrons. The molecule has 2 aromatic rings. The first-order valence-electron chi connectivity index (χ1n) is 6.18. The minimum Gasteiger partial charge on any atom is -0.496 e. The van der Waals surface area contributed by atoms with E-state index in [4.69, 9.17) is 4.74 Å². The summed E-state index contributed by atoms with van der Waals surface area (Å²) in [5, 5.41) is 3.51. The molecule has 1 atom stereocenters. The summed E-state index contributed by atoms with van der Waals surface area (Å²) in [5.41, 5.74) is 2.48. The van der Waals surface area contributed by atoms with Gasteiger partial charge in [0.15, 0.2) is 0 Å². The lowest BCUT2D eigenvalue weighted by molar-refractivity contribution is 0.401. The Kier molecular flexibility index (Phi) is 4.05. The normalized spacial score (nSPS) is 12.4. The molecule has 2 rings (SSSR count). The zero-order chi connectivity index (χ0) is 13.0. The van der Waals surface area contributed by atoms with Crippen LogP contribution >= 0.6 is 0 Å². The van der Waals surface area contributed by atoms with Crippen LogP contribution in [0.4, 0.5) is 0 Å². The number of benzene rings is 1. The molecule has 96 valence electrons. The summed E-state index contributed by atoms with van der Waals surface area (Å²) < 4.78 is 7.44. The quantitative estimate of drug-likeness (QED) is 0.875. The first-order chi connectivity index (χ1) is 8.70. The Morgan fingerprint density at radius 1 is 1.28 bits per heavy atom. The summed E-state index contributed by atoms with van der Waals surface area (Å²) in [4.78, 5) is 0. The van der Waals surface area contributed by atoms with E-state index in [1.54, 1.807) is 7.11 Å². The molecule has 0 bridgehead atoms. The second kappa shape index (κ2) is 5.74. The van der Waals surface area contributed by atoms with Gasteiger partial charge in [0.05, 0.1) is 7.11 Å². The van der Waals surface area contributed by atoms with Crippen molar-refractivity contribution in [1.82, 2.24) is 9.88 Å². The van der Waals surface area contributed by atoms with Crippen LogP contribution in [0.25, 0.3) is 0 Å². The monoisotopic (exact) mass is 244 g/mol. The van der Waals surface area contributed by atoms with Gasteiger partial charge in [-0.25, -0.2) is 0 Å². The van der Waals surface area contributed by atoms with E-state index in [0.29, 0.717) is 0 Å². The lowest BCUT2D eigenvalue weighted by Gasteiger charge is -2.16. The number of methoxy groups -OCH3 is 1. The maximum atomic E-state index is 5.38. The summed E-state index contributed by atoms with van der Waals surface area (Å²) in [6.07, 6.45) is 4.19.